The second kappa shape index (κ2) is 10.3. The molecule has 2 saturated heterocycles. The number of piperidine rings is 1. The summed E-state index contributed by atoms with van der Waals surface area (Å²) in [5.74, 6) is 1.15. The van der Waals surface area contributed by atoms with E-state index in [1.165, 1.54) is 5.56 Å². The number of hydrogen-bond donors (Lipinski definition) is 2. The van der Waals surface area contributed by atoms with Crippen LogP contribution in [0.15, 0.2) is 41.3 Å². The fraction of sp³-hybridized carbons (Fsp3) is 0.593. The second-order valence-corrected chi connectivity index (χ2v) is 11.5. The van der Waals surface area contributed by atoms with Crippen LogP contribution >= 0.6 is 0 Å². The highest BCUT2D eigenvalue weighted by atomic mass is 16.2. The fourth-order valence-corrected chi connectivity index (χ4v) is 5.17. The van der Waals surface area contributed by atoms with Gasteiger partial charge in [0.05, 0.1) is 11.2 Å². The molecule has 2 fully saturated rings. The highest BCUT2D eigenvalue weighted by molar-refractivity contribution is 5.85. The molecule has 0 atom stereocenters. The van der Waals surface area contributed by atoms with Crippen LogP contribution in [-0.2, 0) is 11.3 Å². The van der Waals surface area contributed by atoms with Gasteiger partial charge < -0.3 is 21.3 Å². The maximum absolute atomic E-state index is 12.8. The maximum atomic E-state index is 12.8. The van der Waals surface area contributed by atoms with Gasteiger partial charge in [-0.3, -0.25) is 14.3 Å². The summed E-state index contributed by atoms with van der Waals surface area (Å²) in [6, 6.07) is 10.00. The van der Waals surface area contributed by atoms with Crippen molar-refractivity contribution in [2.24, 2.45) is 17.4 Å². The number of hydrogen-bond acceptors (Lipinski definition) is 7. The van der Waals surface area contributed by atoms with Gasteiger partial charge in [-0.15, -0.1) is 0 Å². The largest absolute Gasteiger partial charge is 0.354 e. The summed E-state index contributed by atoms with van der Waals surface area (Å²) in [6.45, 7) is 13.1. The van der Waals surface area contributed by atoms with Gasteiger partial charge in [-0.2, -0.15) is 4.98 Å². The van der Waals surface area contributed by atoms with E-state index in [0.717, 1.165) is 38.2 Å². The second-order valence-electron chi connectivity index (χ2n) is 11.5. The summed E-state index contributed by atoms with van der Waals surface area (Å²) in [4.78, 5) is 35.8. The smallest absolute Gasteiger partial charge is 0.353 e. The summed E-state index contributed by atoms with van der Waals surface area (Å²) in [5.41, 5.74) is 13.0. The zero-order valence-electron chi connectivity index (χ0n) is 22.1. The van der Waals surface area contributed by atoms with Crippen molar-refractivity contribution in [3.63, 3.8) is 0 Å². The molecule has 0 saturated carbocycles. The lowest BCUT2D eigenvalue weighted by Crippen LogP contribution is -2.57. The normalized spacial score (nSPS) is 18.5. The van der Waals surface area contributed by atoms with E-state index in [1.807, 2.05) is 23.1 Å². The number of aromatic nitrogens is 2. The van der Waals surface area contributed by atoms with Crippen molar-refractivity contribution in [3.05, 3.63) is 52.6 Å². The lowest BCUT2D eigenvalue weighted by molar-refractivity contribution is -0.136. The van der Waals surface area contributed by atoms with Crippen molar-refractivity contribution < 1.29 is 4.79 Å². The average molecular weight is 496 g/mol. The molecule has 4 rings (SSSR count). The van der Waals surface area contributed by atoms with E-state index < -0.39 is 5.54 Å². The number of amides is 1. The molecular weight excluding hydrogens is 454 g/mol. The minimum absolute atomic E-state index is 0.0574. The van der Waals surface area contributed by atoms with Gasteiger partial charge in [-0.25, -0.2) is 4.79 Å². The van der Waals surface area contributed by atoms with Crippen molar-refractivity contribution in [1.29, 1.82) is 0 Å². The van der Waals surface area contributed by atoms with Gasteiger partial charge in [-0.1, -0.05) is 12.1 Å². The highest BCUT2D eigenvalue weighted by Gasteiger charge is 2.31. The van der Waals surface area contributed by atoms with Gasteiger partial charge in [0, 0.05) is 44.5 Å². The van der Waals surface area contributed by atoms with Crippen LogP contribution in [0, 0.1) is 5.92 Å². The first-order valence-electron chi connectivity index (χ1n) is 13.0. The number of anilines is 1. The molecule has 0 bridgehead atoms. The number of likely N-dealkylation sites (tertiary alicyclic amines) is 1. The molecule has 9 nitrogen and oxygen atoms in total. The molecule has 2 aliphatic rings. The minimum atomic E-state index is -0.880. The van der Waals surface area contributed by atoms with Gasteiger partial charge in [0.15, 0.2) is 0 Å². The average Bonchev–Trinajstić information content (AvgIpc) is 2.83. The molecule has 0 radical (unpaired) electrons. The van der Waals surface area contributed by atoms with E-state index in [4.69, 9.17) is 11.5 Å². The zero-order valence-corrected chi connectivity index (χ0v) is 22.1. The Morgan fingerprint density at radius 1 is 0.944 bits per heavy atom. The predicted octanol–water partition coefficient (Wildman–Crippen LogP) is 1.57. The summed E-state index contributed by atoms with van der Waals surface area (Å²) in [5, 5.41) is 0. The Morgan fingerprint density at radius 3 is 2.08 bits per heavy atom. The Hall–Kier alpha value is -2.75. The van der Waals surface area contributed by atoms with Gasteiger partial charge in [0.1, 0.15) is 5.82 Å². The Balaban J connectivity index is 1.34. The molecule has 0 unspecified atom stereocenters. The van der Waals surface area contributed by atoms with Crippen molar-refractivity contribution >= 4 is 11.7 Å². The van der Waals surface area contributed by atoms with Crippen LogP contribution in [-0.4, -0.2) is 75.6 Å². The number of carbonyl (C=O) groups excluding carboxylic acids is 1. The number of nitrogens with zero attached hydrogens (tertiary/aromatic N) is 5. The fourth-order valence-electron chi connectivity index (χ4n) is 5.17. The third-order valence-electron chi connectivity index (χ3n) is 7.49. The molecule has 3 heterocycles. The van der Waals surface area contributed by atoms with Gasteiger partial charge >= 0.3 is 5.69 Å². The molecule has 1 amide bonds. The van der Waals surface area contributed by atoms with Crippen LogP contribution in [0.5, 0.6) is 0 Å². The Labute approximate surface area is 214 Å². The molecule has 2 aliphatic heterocycles. The summed E-state index contributed by atoms with van der Waals surface area (Å²) < 4.78 is 1.57. The molecule has 0 spiro atoms. The van der Waals surface area contributed by atoms with Crippen LogP contribution in [0.4, 0.5) is 5.82 Å². The van der Waals surface area contributed by atoms with Crippen LogP contribution in [0.25, 0.3) is 5.69 Å². The SMILES string of the molecule is CC(C)(N)C(=O)N1CCN(c2ccn(-c3ccc(CN4CCC(C(C)(C)N)CC4)cc3)c(=O)n2)CC1. The van der Waals surface area contributed by atoms with Gasteiger partial charge in [0.25, 0.3) is 0 Å². The molecule has 9 heteroatoms. The lowest BCUT2D eigenvalue weighted by Gasteiger charge is -2.38. The van der Waals surface area contributed by atoms with E-state index in [-0.39, 0.29) is 17.1 Å². The highest BCUT2D eigenvalue weighted by Crippen LogP contribution is 2.27. The molecule has 2 aromatic rings. The van der Waals surface area contributed by atoms with Crippen LogP contribution in [0.3, 0.4) is 0 Å². The van der Waals surface area contributed by atoms with Crippen molar-refractivity contribution in [3.8, 4) is 5.69 Å². The van der Waals surface area contributed by atoms with Crippen molar-refractivity contribution in [1.82, 2.24) is 19.4 Å². The molecule has 0 aliphatic carbocycles. The monoisotopic (exact) mass is 495 g/mol. The van der Waals surface area contributed by atoms with Crippen molar-refractivity contribution in [2.45, 2.75) is 58.2 Å². The molecule has 1 aromatic carbocycles. The number of nitrogens with two attached hydrogens (primary N) is 2. The predicted molar refractivity (Wildman–Crippen MR) is 143 cm³/mol. The Morgan fingerprint density at radius 2 is 1.56 bits per heavy atom. The standard InChI is InChI=1S/C27H41N7O2/c1-26(2,28)21-9-12-31(13-10-21)19-20-5-7-22(8-6-20)34-14-11-23(30-25(34)36)32-15-17-33(18-16-32)24(35)27(3,4)29/h5-8,11,14,21H,9-10,12-13,15-19,28-29H2,1-4H3. The van der Waals surface area contributed by atoms with E-state index in [9.17, 15) is 9.59 Å². The molecule has 36 heavy (non-hydrogen) atoms. The first-order valence-corrected chi connectivity index (χ1v) is 13.0. The molecular formula is C27H41N7O2. The molecule has 4 N–H and O–H groups in total. The van der Waals surface area contributed by atoms with Crippen molar-refractivity contribution in [2.75, 3.05) is 44.2 Å². The van der Waals surface area contributed by atoms with Gasteiger partial charge in [-0.05, 0) is 83.3 Å². The zero-order chi connectivity index (χ0) is 26.1. The van der Waals surface area contributed by atoms with Crippen LogP contribution < -0.4 is 22.1 Å². The summed E-state index contributed by atoms with van der Waals surface area (Å²) >= 11 is 0. The number of piperazine rings is 1. The quantitative estimate of drug-likeness (QED) is 0.625. The molecule has 196 valence electrons. The van der Waals surface area contributed by atoms with E-state index in [1.54, 1.807) is 29.5 Å². The first kappa shape index (κ1) is 26.3. The first-order chi connectivity index (χ1) is 16.9. The minimum Gasteiger partial charge on any atom is -0.353 e. The summed E-state index contributed by atoms with van der Waals surface area (Å²) in [7, 11) is 0. The topological polar surface area (TPSA) is 114 Å². The summed E-state index contributed by atoms with van der Waals surface area (Å²) in [6.07, 6.45) is 4.04. The van der Waals surface area contributed by atoms with Crippen LogP contribution in [0.2, 0.25) is 0 Å². The number of carbonyl (C=O) groups is 1. The molecule has 1 aromatic heterocycles. The van der Waals surface area contributed by atoms with E-state index >= 15 is 0 Å². The maximum Gasteiger partial charge on any atom is 0.354 e. The van der Waals surface area contributed by atoms with Gasteiger partial charge in [0.2, 0.25) is 5.91 Å². The van der Waals surface area contributed by atoms with E-state index in [2.05, 4.69) is 35.9 Å². The number of benzene rings is 1. The third kappa shape index (κ3) is 6.14. The lowest BCUT2D eigenvalue weighted by atomic mass is 9.81. The van der Waals surface area contributed by atoms with E-state index in [0.29, 0.717) is 37.9 Å². The Bertz CT molecular complexity index is 1100. The van der Waals surface area contributed by atoms with Crippen LogP contribution in [0.1, 0.15) is 46.1 Å². The third-order valence-corrected chi connectivity index (χ3v) is 7.49. The number of rotatable bonds is 6. The Kier molecular flexibility index (Phi) is 7.54.